The third-order valence-electron chi connectivity index (χ3n) is 7.18. The Bertz CT molecular complexity index is 1040. The fraction of sp³-hybridized carbons (Fsp3) is 0.400. The minimum atomic E-state index is -0.186. The number of aliphatic hydroxyl groups is 3. The molecular formula is C30H36ClNO3. The molecule has 4 rings (SSSR count). The van der Waals surface area contributed by atoms with Crippen LogP contribution < -0.4 is 0 Å². The molecule has 3 N–H and O–H groups in total. The summed E-state index contributed by atoms with van der Waals surface area (Å²) in [6.45, 7) is 1.10. The Morgan fingerprint density at radius 1 is 0.886 bits per heavy atom. The maximum atomic E-state index is 10.1. The fourth-order valence-electron chi connectivity index (χ4n) is 5.36. The van der Waals surface area contributed by atoms with E-state index in [0.717, 1.165) is 42.8 Å². The molecule has 3 unspecified atom stereocenters. The second kappa shape index (κ2) is 12.5. The summed E-state index contributed by atoms with van der Waals surface area (Å²) in [5.41, 5.74) is 5.95. The molecule has 35 heavy (non-hydrogen) atoms. The maximum absolute atomic E-state index is 10.1. The number of nitrogens with zero attached hydrogens (tertiary/aromatic N) is 1. The topological polar surface area (TPSA) is 63.9 Å². The van der Waals surface area contributed by atoms with Gasteiger partial charge in [0.05, 0.1) is 19.3 Å². The van der Waals surface area contributed by atoms with Crippen LogP contribution >= 0.6 is 11.6 Å². The minimum absolute atomic E-state index is 0.0502. The highest BCUT2D eigenvalue weighted by Gasteiger charge is 2.23. The predicted molar refractivity (Wildman–Crippen MR) is 143 cm³/mol. The average molecular weight is 494 g/mol. The van der Waals surface area contributed by atoms with E-state index in [0.29, 0.717) is 19.0 Å². The molecule has 186 valence electrons. The second-order valence-electron chi connectivity index (χ2n) is 9.53. The highest BCUT2D eigenvalue weighted by Crippen LogP contribution is 2.37. The van der Waals surface area contributed by atoms with Crippen molar-refractivity contribution < 1.29 is 15.3 Å². The van der Waals surface area contributed by atoms with Gasteiger partial charge >= 0.3 is 0 Å². The lowest BCUT2D eigenvalue weighted by molar-refractivity contribution is 0.119. The Morgan fingerprint density at radius 2 is 1.54 bits per heavy atom. The first-order chi connectivity index (χ1) is 17.1. The Balaban J connectivity index is 1.66. The van der Waals surface area contributed by atoms with Crippen molar-refractivity contribution in [2.45, 2.75) is 50.0 Å². The van der Waals surface area contributed by atoms with Crippen molar-refractivity contribution in [3.05, 3.63) is 106 Å². The number of hydrogen-bond acceptors (Lipinski definition) is 4. The molecule has 3 atom stereocenters. The Labute approximate surface area is 213 Å². The van der Waals surface area contributed by atoms with Crippen molar-refractivity contribution in [3.8, 4) is 0 Å². The zero-order valence-electron chi connectivity index (χ0n) is 20.2. The predicted octanol–water partition coefficient (Wildman–Crippen LogP) is 5.55. The number of halogens is 1. The maximum Gasteiger partial charge on any atom is 0.0606 e. The monoisotopic (exact) mass is 493 g/mol. The molecule has 0 radical (unpaired) electrons. The lowest BCUT2D eigenvalue weighted by Crippen LogP contribution is -2.29. The van der Waals surface area contributed by atoms with Crippen LogP contribution in [0.15, 0.2) is 84.1 Å². The van der Waals surface area contributed by atoms with Crippen LogP contribution in [0.5, 0.6) is 0 Å². The number of aliphatic hydroxyl groups excluding tert-OH is 3. The van der Waals surface area contributed by atoms with Gasteiger partial charge in [-0.05, 0) is 65.7 Å². The summed E-state index contributed by atoms with van der Waals surface area (Å²) in [6, 6.07) is 17.0. The third kappa shape index (κ3) is 6.65. The molecule has 0 bridgehead atoms. The van der Waals surface area contributed by atoms with Crippen LogP contribution in [0.3, 0.4) is 0 Å². The fourth-order valence-corrected chi connectivity index (χ4v) is 5.49. The molecule has 1 saturated carbocycles. The highest BCUT2D eigenvalue weighted by atomic mass is 35.5. The van der Waals surface area contributed by atoms with Crippen LogP contribution in [0.2, 0.25) is 5.02 Å². The number of rotatable bonds is 9. The van der Waals surface area contributed by atoms with Crippen LogP contribution in [0.25, 0.3) is 0 Å². The Morgan fingerprint density at radius 3 is 2.17 bits per heavy atom. The zero-order chi connectivity index (χ0) is 24.6. The van der Waals surface area contributed by atoms with Crippen molar-refractivity contribution in [2.75, 3.05) is 26.3 Å². The molecule has 2 aliphatic carbocycles. The van der Waals surface area contributed by atoms with Crippen LogP contribution in [-0.4, -0.2) is 52.6 Å². The van der Waals surface area contributed by atoms with Crippen LogP contribution in [0, 0.1) is 0 Å². The third-order valence-corrected chi connectivity index (χ3v) is 7.43. The Hall–Kier alpha value is -2.37. The van der Waals surface area contributed by atoms with Gasteiger partial charge in [-0.25, -0.2) is 0 Å². The van der Waals surface area contributed by atoms with E-state index >= 15 is 0 Å². The molecule has 0 saturated heterocycles. The van der Waals surface area contributed by atoms with Gasteiger partial charge in [-0.3, -0.25) is 0 Å². The summed E-state index contributed by atoms with van der Waals surface area (Å²) in [5.74, 6) is 0.475. The van der Waals surface area contributed by atoms with Gasteiger partial charge in [0.15, 0.2) is 0 Å². The van der Waals surface area contributed by atoms with E-state index in [1.807, 2.05) is 17.0 Å². The van der Waals surface area contributed by atoms with Crippen molar-refractivity contribution in [1.82, 2.24) is 4.90 Å². The number of hydrogen-bond donors (Lipinski definition) is 3. The summed E-state index contributed by atoms with van der Waals surface area (Å²) < 4.78 is 0. The molecule has 0 heterocycles. The molecular weight excluding hydrogens is 458 g/mol. The number of allylic oxidation sites excluding steroid dienone is 5. The zero-order valence-corrected chi connectivity index (χ0v) is 20.9. The van der Waals surface area contributed by atoms with Gasteiger partial charge in [0.1, 0.15) is 0 Å². The van der Waals surface area contributed by atoms with E-state index in [9.17, 15) is 15.3 Å². The molecule has 4 nitrogen and oxygen atoms in total. The molecule has 0 amide bonds. The van der Waals surface area contributed by atoms with Crippen molar-refractivity contribution in [2.24, 2.45) is 0 Å². The van der Waals surface area contributed by atoms with Crippen molar-refractivity contribution in [3.63, 3.8) is 0 Å². The quantitative estimate of drug-likeness (QED) is 0.428. The van der Waals surface area contributed by atoms with Crippen LogP contribution in [0.4, 0.5) is 0 Å². The van der Waals surface area contributed by atoms with Crippen LogP contribution in [-0.2, 0) is 0 Å². The summed E-state index contributed by atoms with van der Waals surface area (Å²) in [6.07, 6.45) is 13.2. The average Bonchev–Trinajstić information content (AvgIpc) is 3.12. The van der Waals surface area contributed by atoms with E-state index in [2.05, 4.69) is 60.7 Å². The number of benzene rings is 2. The normalized spacial score (nSPS) is 21.1. The first-order valence-corrected chi connectivity index (χ1v) is 13.0. The smallest absolute Gasteiger partial charge is 0.0606 e. The summed E-state index contributed by atoms with van der Waals surface area (Å²) in [4.78, 5) is 2.04. The van der Waals surface area contributed by atoms with E-state index < -0.39 is 0 Å². The molecule has 1 fully saturated rings. The first kappa shape index (κ1) is 25.7. The molecule has 2 aromatic carbocycles. The highest BCUT2D eigenvalue weighted by molar-refractivity contribution is 6.30. The lowest BCUT2D eigenvalue weighted by Gasteiger charge is -2.27. The molecule has 2 aliphatic rings. The largest absolute Gasteiger partial charge is 0.395 e. The van der Waals surface area contributed by atoms with Gasteiger partial charge in [0.2, 0.25) is 0 Å². The molecule has 0 spiro atoms. The van der Waals surface area contributed by atoms with E-state index in [-0.39, 0.29) is 25.2 Å². The van der Waals surface area contributed by atoms with Gasteiger partial charge in [-0.2, -0.15) is 0 Å². The summed E-state index contributed by atoms with van der Waals surface area (Å²) in [7, 11) is 0. The van der Waals surface area contributed by atoms with Gasteiger partial charge < -0.3 is 20.2 Å². The summed E-state index contributed by atoms with van der Waals surface area (Å²) >= 11 is 6.20. The minimum Gasteiger partial charge on any atom is -0.395 e. The summed E-state index contributed by atoms with van der Waals surface area (Å²) in [5, 5.41) is 29.7. The molecule has 0 aliphatic heterocycles. The van der Waals surface area contributed by atoms with Gasteiger partial charge in [-0.1, -0.05) is 72.6 Å². The van der Waals surface area contributed by atoms with Gasteiger partial charge in [0, 0.05) is 36.1 Å². The Kier molecular flexibility index (Phi) is 9.22. The van der Waals surface area contributed by atoms with E-state index in [1.54, 1.807) is 0 Å². The van der Waals surface area contributed by atoms with Gasteiger partial charge in [0.25, 0.3) is 0 Å². The molecule has 0 aromatic heterocycles. The SMILES string of the molecule is OCCN(CCO)C1=CC=C(C(c2ccc(Cl)cc2)c2ccc(C3CCCC(O)C3)cc2)C=CC1. The lowest BCUT2D eigenvalue weighted by atomic mass is 9.80. The molecule has 5 heteroatoms. The van der Waals surface area contributed by atoms with Crippen molar-refractivity contribution in [1.29, 1.82) is 0 Å². The standard InChI is InChI=1S/C30H36ClNO3/c31-27-14-11-25(12-15-27)30(23-3-1-5-28(16-13-23)32(17-19-33)18-20-34)24-9-7-22(8-10-24)26-4-2-6-29(35)21-26/h1,3,7-16,26,29-30,33-35H,2,4-6,17-21H2. The van der Waals surface area contributed by atoms with Crippen molar-refractivity contribution >= 4 is 11.6 Å². The van der Waals surface area contributed by atoms with E-state index in [1.165, 1.54) is 22.3 Å². The van der Waals surface area contributed by atoms with E-state index in [4.69, 9.17) is 11.6 Å². The molecule has 2 aromatic rings. The second-order valence-corrected chi connectivity index (χ2v) is 9.97. The first-order valence-electron chi connectivity index (χ1n) is 12.7. The van der Waals surface area contributed by atoms with Gasteiger partial charge in [-0.15, -0.1) is 0 Å². The van der Waals surface area contributed by atoms with Crippen LogP contribution in [0.1, 0.15) is 60.6 Å².